The third-order valence-electron chi connectivity index (χ3n) is 4.00. The fraction of sp³-hybridized carbons (Fsp3) is 0.312. The van der Waals surface area contributed by atoms with E-state index in [2.05, 4.69) is 16.1 Å². The van der Waals surface area contributed by atoms with Gasteiger partial charge in [-0.25, -0.2) is 4.98 Å². The van der Waals surface area contributed by atoms with Gasteiger partial charge in [-0.15, -0.1) is 0 Å². The van der Waals surface area contributed by atoms with E-state index in [0.717, 1.165) is 11.0 Å². The molecule has 2 heterocycles. The van der Waals surface area contributed by atoms with Crippen molar-refractivity contribution in [1.82, 2.24) is 19.3 Å². The van der Waals surface area contributed by atoms with E-state index in [1.54, 1.807) is 6.33 Å². The fourth-order valence-corrected chi connectivity index (χ4v) is 2.63. The molecule has 1 atom stereocenters. The number of aryl methyl sites for hydroxylation is 2. The molecule has 0 saturated carbocycles. The van der Waals surface area contributed by atoms with Gasteiger partial charge in [0.2, 0.25) is 0 Å². The summed E-state index contributed by atoms with van der Waals surface area (Å²) in [5.74, 6) is -0.561. The smallest absolute Gasteiger partial charge is 0.266 e. The molecule has 0 aliphatic rings. The van der Waals surface area contributed by atoms with Gasteiger partial charge in [-0.05, 0) is 43.2 Å². The molecule has 0 bridgehead atoms. The van der Waals surface area contributed by atoms with Gasteiger partial charge < -0.3 is 15.4 Å². The second-order valence-corrected chi connectivity index (χ2v) is 5.74. The topological polar surface area (TPSA) is 99.0 Å². The number of imidazole rings is 1. The van der Waals surface area contributed by atoms with Crippen LogP contribution in [0.25, 0.3) is 11.0 Å². The number of carbonyl (C=O) groups excluding carboxylic acids is 1. The minimum Gasteiger partial charge on any atom is -0.389 e. The zero-order chi connectivity index (χ0) is 16.6. The molecule has 0 spiro atoms. The van der Waals surface area contributed by atoms with E-state index >= 15 is 0 Å². The Morgan fingerprint density at radius 1 is 1.30 bits per heavy atom. The Balaban J connectivity index is 1.80. The van der Waals surface area contributed by atoms with Gasteiger partial charge in [0.05, 0.1) is 36.6 Å². The van der Waals surface area contributed by atoms with Crippen LogP contribution in [0, 0.1) is 13.8 Å². The van der Waals surface area contributed by atoms with Crippen molar-refractivity contribution < 1.29 is 9.90 Å². The molecule has 3 aromatic rings. The van der Waals surface area contributed by atoms with Crippen molar-refractivity contribution in [3.8, 4) is 0 Å². The Morgan fingerprint density at radius 3 is 2.78 bits per heavy atom. The number of nitrogens with zero attached hydrogens (tertiary/aromatic N) is 4. The Hall–Kier alpha value is -2.67. The van der Waals surface area contributed by atoms with Gasteiger partial charge in [-0.3, -0.25) is 9.48 Å². The molecule has 7 heteroatoms. The van der Waals surface area contributed by atoms with E-state index in [-0.39, 0.29) is 12.2 Å². The van der Waals surface area contributed by atoms with E-state index in [0.29, 0.717) is 6.54 Å². The van der Waals surface area contributed by atoms with Crippen molar-refractivity contribution in [3.63, 3.8) is 0 Å². The van der Waals surface area contributed by atoms with Gasteiger partial charge >= 0.3 is 0 Å². The molecule has 1 amide bonds. The summed E-state index contributed by atoms with van der Waals surface area (Å²) in [5, 5.41) is 14.3. The normalized spacial score (nSPS) is 12.7. The van der Waals surface area contributed by atoms with Gasteiger partial charge in [0.1, 0.15) is 5.69 Å². The number of rotatable bonds is 5. The van der Waals surface area contributed by atoms with Crippen molar-refractivity contribution in [3.05, 3.63) is 47.5 Å². The monoisotopic (exact) mass is 313 g/mol. The molecule has 0 radical (unpaired) electrons. The summed E-state index contributed by atoms with van der Waals surface area (Å²) in [6.07, 6.45) is 2.49. The summed E-state index contributed by atoms with van der Waals surface area (Å²) in [6, 6.07) is 5.63. The highest BCUT2D eigenvalue weighted by molar-refractivity contribution is 5.90. The maximum absolute atomic E-state index is 11.3. The second-order valence-electron chi connectivity index (χ2n) is 5.74. The number of amides is 1. The van der Waals surface area contributed by atoms with Gasteiger partial charge in [-0.2, -0.15) is 5.10 Å². The largest absolute Gasteiger partial charge is 0.389 e. The predicted molar refractivity (Wildman–Crippen MR) is 86.0 cm³/mol. The van der Waals surface area contributed by atoms with Crippen molar-refractivity contribution >= 4 is 16.9 Å². The first kappa shape index (κ1) is 15.2. The lowest BCUT2D eigenvalue weighted by atomic mass is 10.1. The Bertz CT molecular complexity index is 865. The first-order chi connectivity index (χ1) is 11.0. The Labute approximate surface area is 133 Å². The lowest BCUT2D eigenvalue weighted by Crippen LogP contribution is -2.26. The molecule has 7 nitrogen and oxygen atoms in total. The van der Waals surface area contributed by atoms with Crippen LogP contribution in [0.1, 0.15) is 21.6 Å². The first-order valence-corrected chi connectivity index (χ1v) is 7.37. The zero-order valence-electron chi connectivity index (χ0n) is 13.1. The number of benzene rings is 1. The number of nitrogens with two attached hydrogens (primary N) is 1. The molecule has 1 aromatic carbocycles. The highest BCUT2D eigenvalue weighted by Gasteiger charge is 2.14. The number of carbonyl (C=O) groups is 1. The highest BCUT2D eigenvalue weighted by atomic mass is 16.3. The first-order valence-electron chi connectivity index (χ1n) is 7.37. The van der Waals surface area contributed by atoms with Crippen LogP contribution >= 0.6 is 0 Å². The van der Waals surface area contributed by atoms with Crippen LogP contribution in [0.15, 0.2) is 30.7 Å². The molecular formula is C16H19N5O2. The van der Waals surface area contributed by atoms with E-state index in [9.17, 15) is 9.90 Å². The highest BCUT2D eigenvalue weighted by Crippen LogP contribution is 2.18. The number of fused-ring (bicyclic) bond motifs is 1. The van der Waals surface area contributed by atoms with Crippen LogP contribution in [0.3, 0.4) is 0 Å². The van der Waals surface area contributed by atoms with Crippen LogP contribution in [0.2, 0.25) is 0 Å². The van der Waals surface area contributed by atoms with E-state index in [1.807, 2.05) is 24.5 Å². The molecule has 0 aliphatic carbocycles. The van der Waals surface area contributed by atoms with E-state index in [4.69, 9.17) is 5.73 Å². The molecule has 3 N–H and O–H groups in total. The molecular weight excluding hydrogens is 294 g/mol. The van der Waals surface area contributed by atoms with Gasteiger partial charge in [0.25, 0.3) is 5.91 Å². The van der Waals surface area contributed by atoms with Crippen LogP contribution < -0.4 is 5.73 Å². The molecule has 0 fully saturated rings. The Kier molecular flexibility index (Phi) is 3.87. The lowest BCUT2D eigenvalue weighted by molar-refractivity contribution is 0.0976. The minimum absolute atomic E-state index is 0.190. The molecule has 2 aromatic heterocycles. The second kappa shape index (κ2) is 5.85. The van der Waals surface area contributed by atoms with Gasteiger partial charge in [-0.1, -0.05) is 0 Å². The van der Waals surface area contributed by atoms with Crippen molar-refractivity contribution in [2.24, 2.45) is 5.73 Å². The third-order valence-corrected chi connectivity index (χ3v) is 4.00. The quantitative estimate of drug-likeness (QED) is 0.734. The lowest BCUT2D eigenvalue weighted by Gasteiger charge is -2.14. The summed E-state index contributed by atoms with van der Waals surface area (Å²) in [5.41, 5.74) is 9.80. The Morgan fingerprint density at radius 2 is 2.04 bits per heavy atom. The molecule has 0 saturated heterocycles. The maximum atomic E-state index is 11.3. The van der Waals surface area contributed by atoms with Crippen molar-refractivity contribution in [2.45, 2.75) is 33.0 Å². The number of aliphatic hydroxyl groups excluding tert-OH is 1. The summed E-state index contributed by atoms with van der Waals surface area (Å²) >= 11 is 0. The zero-order valence-corrected chi connectivity index (χ0v) is 13.1. The van der Waals surface area contributed by atoms with Gasteiger partial charge in [0.15, 0.2) is 0 Å². The number of aromatic nitrogens is 4. The minimum atomic E-state index is -0.716. The fourth-order valence-electron chi connectivity index (χ4n) is 2.63. The number of hydrogen-bond donors (Lipinski definition) is 2. The summed E-state index contributed by atoms with van der Waals surface area (Å²) in [7, 11) is 0. The SMILES string of the molecule is Cc1cc2ncn(CC(O)Cn3nccc3C(N)=O)c2cc1C. The molecule has 0 aliphatic heterocycles. The average Bonchev–Trinajstić information content (AvgIpc) is 3.08. The molecule has 3 rings (SSSR count). The van der Waals surface area contributed by atoms with Crippen LogP contribution in [-0.4, -0.2) is 36.4 Å². The van der Waals surface area contributed by atoms with Crippen molar-refractivity contribution in [1.29, 1.82) is 0 Å². The summed E-state index contributed by atoms with van der Waals surface area (Å²) < 4.78 is 3.32. The predicted octanol–water partition coefficient (Wildman–Crippen LogP) is 1.01. The molecule has 23 heavy (non-hydrogen) atoms. The van der Waals surface area contributed by atoms with E-state index in [1.165, 1.54) is 28.1 Å². The summed E-state index contributed by atoms with van der Waals surface area (Å²) in [6.45, 7) is 4.64. The number of aliphatic hydroxyl groups is 1. The van der Waals surface area contributed by atoms with Crippen LogP contribution in [-0.2, 0) is 13.1 Å². The average molecular weight is 313 g/mol. The van der Waals surface area contributed by atoms with Crippen molar-refractivity contribution in [2.75, 3.05) is 0 Å². The van der Waals surface area contributed by atoms with Crippen LogP contribution in [0.5, 0.6) is 0 Å². The third kappa shape index (κ3) is 2.95. The standard InChI is InChI=1S/C16H19N5O2/c1-10-5-13-15(6-11(10)2)20(9-18-13)7-12(22)8-21-14(16(17)23)3-4-19-21/h3-6,9,12,22H,7-8H2,1-2H3,(H2,17,23). The number of hydrogen-bond acceptors (Lipinski definition) is 4. The number of primary amides is 1. The maximum Gasteiger partial charge on any atom is 0.266 e. The van der Waals surface area contributed by atoms with E-state index < -0.39 is 12.0 Å². The van der Waals surface area contributed by atoms with Crippen LogP contribution in [0.4, 0.5) is 0 Å². The molecule has 120 valence electrons. The summed E-state index contributed by atoms with van der Waals surface area (Å²) in [4.78, 5) is 15.7. The molecule has 1 unspecified atom stereocenters. The van der Waals surface area contributed by atoms with Gasteiger partial charge in [0, 0.05) is 6.20 Å².